The van der Waals surface area contributed by atoms with Gasteiger partial charge in [-0.15, -0.1) is 0 Å². The maximum atomic E-state index is 6.35. The minimum absolute atomic E-state index is 0.494. The first-order valence-corrected chi connectivity index (χ1v) is 9.49. The van der Waals surface area contributed by atoms with Crippen LogP contribution in [0.5, 0.6) is 0 Å². The first-order valence-electron chi connectivity index (χ1n) is 9.49. The molecule has 0 bridgehead atoms. The van der Waals surface area contributed by atoms with Crippen LogP contribution in [0.3, 0.4) is 0 Å². The predicted octanol–water partition coefficient (Wildman–Crippen LogP) is 6.06. The average molecular weight is 282 g/mol. The summed E-state index contributed by atoms with van der Waals surface area (Å²) >= 11 is 0. The van der Waals surface area contributed by atoms with Crippen LogP contribution in [0, 0.1) is 11.8 Å². The second-order valence-electron chi connectivity index (χ2n) is 7.31. The van der Waals surface area contributed by atoms with E-state index >= 15 is 0 Å². The molecule has 3 unspecified atom stereocenters. The van der Waals surface area contributed by atoms with Crippen LogP contribution in [0.1, 0.15) is 104 Å². The van der Waals surface area contributed by atoms with E-state index in [4.69, 9.17) is 5.73 Å². The molecule has 1 fully saturated rings. The lowest BCUT2D eigenvalue weighted by molar-refractivity contribution is 0.384. The molecule has 120 valence electrons. The van der Waals surface area contributed by atoms with Crippen molar-refractivity contribution in [1.82, 2.24) is 0 Å². The minimum atomic E-state index is 0.494. The minimum Gasteiger partial charge on any atom is -0.327 e. The Morgan fingerprint density at radius 3 is 1.90 bits per heavy atom. The maximum absolute atomic E-state index is 6.35. The van der Waals surface area contributed by atoms with Gasteiger partial charge in [0.15, 0.2) is 0 Å². The molecule has 3 atom stereocenters. The normalized spacial score (nSPS) is 24.1. The largest absolute Gasteiger partial charge is 0.327 e. The van der Waals surface area contributed by atoms with Crippen molar-refractivity contribution in [3.05, 3.63) is 0 Å². The first kappa shape index (κ1) is 18.0. The number of nitrogens with two attached hydrogens (primary N) is 1. The molecular weight excluding hydrogens is 242 g/mol. The van der Waals surface area contributed by atoms with E-state index in [9.17, 15) is 0 Å². The summed E-state index contributed by atoms with van der Waals surface area (Å²) in [6, 6.07) is 0.494. The summed E-state index contributed by atoms with van der Waals surface area (Å²) in [5.41, 5.74) is 6.35. The lowest BCUT2D eigenvalue weighted by Crippen LogP contribution is -2.28. The lowest BCUT2D eigenvalue weighted by atomic mass is 9.93. The summed E-state index contributed by atoms with van der Waals surface area (Å²) < 4.78 is 0. The fraction of sp³-hybridized carbons (Fsp3) is 1.00. The van der Waals surface area contributed by atoms with Crippen LogP contribution in [-0.4, -0.2) is 6.04 Å². The third-order valence-corrected chi connectivity index (χ3v) is 5.23. The van der Waals surface area contributed by atoms with Gasteiger partial charge in [0.25, 0.3) is 0 Å². The Morgan fingerprint density at radius 1 is 0.850 bits per heavy atom. The highest BCUT2D eigenvalue weighted by molar-refractivity contribution is 4.80. The quantitative estimate of drug-likeness (QED) is 0.432. The van der Waals surface area contributed by atoms with Crippen molar-refractivity contribution in [1.29, 1.82) is 0 Å². The van der Waals surface area contributed by atoms with E-state index in [1.165, 1.54) is 89.9 Å². The maximum Gasteiger partial charge on any atom is 0.00672 e. The van der Waals surface area contributed by atoms with Crippen LogP contribution in [-0.2, 0) is 0 Å². The van der Waals surface area contributed by atoms with Gasteiger partial charge in [0.05, 0.1) is 0 Å². The Bertz CT molecular complexity index is 214. The summed E-state index contributed by atoms with van der Waals surface area (Å²) in [5, 5.41) is 0. The third kappa shape index (κ3) is 8.29. The number of hydrogen-bond donors (Lipinski definition) is 1. The van der Waals surface area contributed by atoms with Crippen molar-refractivity contribution in [3.8, 4) is 0 Å². The fourth-order valence-corrected chi connectivity index (χ4v) is 3.74. The van der Waals surface area contributed by atoms with Gasteiger partial charge in [-0.2, -0.15) is 0 Å². The van der Waals surface area contributed by atoms with Crippen LogP contribution >= 0.6 is 0 Å². The van der Waals surface area contributed by atoms with E-state index in [0.717, 1.165) is 11.8 Å². The Morgan fingerprint density at radius 2 is 1.40 bits per heavy atom. The van der Waals surface area contributed by atoms with Crippen molar-refractivity contribution >= 4 is 0 Å². The summed E-state index contributed by atoms with van der Waals surface area (Å²) in [6.45, 7) is 4.67. The van der Waals surface area contributed by atoms with Gasteiger partial charge in [0, 0.05) is 6.04 Å². The van der Waals surface area contributed by atoms with Gasteiger partial charge < -0.3 is 5.73 Å². The van der Waals surface area contributed by atoms with Crippen molar-refractivity contribution in [2.24, 2.45) is 17.6 Å². The van der Waals surface area contributed by atoms with Crippen LogP contribution in [0.4, 0.5) is 0 Å². The van der Waals surface area contributed by atoms with Gasteiger partial charge in [0.1, 0.15) is 0 Å². The zero-order valence-corrected chi connectivity index (χ0v) is 14.2. The summed E-state index contributed by atoms with van der Waals surface area (Å²) in [4.78, 5) is 0. The van der Waals surface area contributed by atoms with E-state index < -0.39 is 0 Å². The lowest BCUT2D eigenvalue weighted by Gasteiger charge is -2.18. The van der Waals surface area contributed by atoms with Crippen molar-refractivity contribution in [3.63, 3.8) is 0 Å². The molecule has 0 radical (unpaired) electrons. The van der Waals surface area contributed by atoms with Gasteiger partial charge in [-0.3, -0.25) is 0 Å². The molecule has 1 saturated carbocycles. The number of rotatable bonds is 12. The molecule has 20 heavy (non-hydrogen) atoms. The van der Waals surface area contributed by atoms with Gasteiger partial charge in [-0.25, -0.2) is 0 Å². The topological polar surface area (TPSA) is 26.0 Å². The van der Waals surface area contributed by atoms with E-state index in [1.807, 2.05) is 0 Å². The fourth-order valence-electron chi connectivity index (χ4n) is 3.74. The Labute approximate surface area is 128 Å². The molecule has 2 N–H and O–H groups in total. The zero-order chi connectivity index (χ0) is 14.6. The van der Waals surface area contributed by atoms with Crippen molar-refractivity contribution < 1.29 is 0 Å². The van der Waals surface area contributed by atoms with Crippen LogP contribution in [0.15, 0.2) is 0 Å². The summed E-state index contributed by atoms with van der Waals surface area (Å²) in [7, 11) is 0. The second-order valence-corrected chi connectivity index (χ2v) is 7.31. The molecule has 0 amide bonds. The van der Waals surface area contributed by atoms with Crippen LogP contribution in [0.25, 0.3) is 0 Å². The van der Waals surface area contributed by atoms with Crippen molar-refractivity contribution in [2.75, 3.05) is 0 Å². The number of unbranched alkanes of at least 4 members (excludes halogenated alkanes) is 9. The van der Waals surface area contributed by atoms with Gasteiger partial charge in [-0.1, -0.05) is 84.5 Å². The molecule has 0 aromatic rings. The summed E-state index contributed by atoms with van der Waals surface area (Å²) in [5.74, 6) is 1.77. The highest BCUT2D eigenvalue weighted by atomic mass is 14.7. The van der Waals surface area contributed by atoms with E-state index in [0.29, 0.717) is 6.04 Å². The van der Waals surface area contributed by atoms with Crippen molar-refractivity contribution in [2.45, 2.75) is 110 Å². The third-order valence-electron chi connectivity index (χ3n) is 5.23. The Balaban J connectivity index is 1.82. The molecule has 0 spiro atoms. The smallest absolute Gasteiger partial charge is 0.00672 e. The molecule has 0 aromatic carbocycles. The monoisotopic (exact) mass is 281 g/mol. The molecule has 0 aliphatic heterocycles. The molecule has 0 aromatic heterocycles. The molecular formula is C19H39N. The van der Waals surface area contributed by atoms with Crippen LogP contribution in [0.2, 0.25) is 0 Å². The SMILES string of the molecule is CCCCCCCCCCCCC(N)C1CCC(C)C1. The molecule has 1 nitrogen and oxygen atoms in total. The summed E-state index contributed by atoms with van der Waals surface area (Å²) in [6.07, 6.45) is 19.7. The Kier molecular flexibility index (Phi) is 10.4. The first-order chi connectivity index (χ1) is 9.74. The van der Waals surface area contributed by atoms with E-state index in [-0.39, 0.29) is 0 Å². The number of hydrogen-bond acceptors (Lipinski definition) is 1. The van der Waals surface area contributed by atoms with Gasteiger partial charge in [0.2, 0.25) is 0 Å². The second kappa shape index (κ2) is 11.6. The molecule has 1 aliphatic carbocycles. The van der Waals surface area contributed by atoms with Gasteiger partial charge >= 0.3 is 0 Å². The zero-order valence-electron chi connectivity index (χ0n) is 14.2. The highest BCUT2D eigenvalue weighted by Gasteiger charge is 2.25. The molecule has 0 saturated heterocycles. The van der Waals surface area contributed by atoms with Gasteiger partial charge in [-0.05, 0) is 31.1 Å². The molecule has 1 rings (SSSR count). The highest BCUT2D eigenvalue weighted by Crippen LogP contribution is 2.33. The van der Waals surface area contributed by atoms with Crippen LogP contribution < -0.4 is 5.73 Å². The standard InChI is InChI=1S/C19H39N/c1-3-4-5-6-7-8-9-10-11-12-13-19(20)18-15-14-17(2)16-18/h17-19H,3-16,20H2,1-2H3. The predicted molar refractivity (Wildman–Crippen MR) is 90.9 cm³/mol. The Hall–Kier alpha value is -0.0400. The average Bonchev–Trinajstić information content (AvgIpc) is 2.87. The molecule has 1 heteroatoms. The van der Waals surface area contributed by atoms with E-state index in [2.05, 4.69) is 13.8 Å². The molecule has 1 aliphatic rings. The van der Waals surface area contributed by atoms with E-state index in [1.54, 1.807) is 0 Å². The molecule has 0 heterocycles.